The monoisotopic (exact) mass is 413 g/mol. The van der Waals surface area contributed by atoms with Gasteiger partial charge in [-0.1, -0.05) is 12.1 Å². The van der Waals surface area contributed by atoms with Gasteiger partial charge in [0, 0.05) is 18.2 Å². The number of hydrogen-bond acceptors (Lipinski definition) is 4. The van der Waals surface area contributed by atoms with E-state index in [1.807, 2.05) is 0 Å². The third-order valence-corrected chi connectivity index (χ3v) is 4.89. The van der Waals surface area contributed by atoms with Gasteiger partial charge in [0.05, 0.1) is 37.1 Å². The van der Waals surface area contributed by atoms with E-state index in [2.05, 4.69) is 10.1 Å². The molecule has 0 aliphatic carbocycles. The van der Waals surface area contributed by atoms with Gasteiger partial charge in [-0.25, -0.2) is 4.98 Å². The average Bonchev–Trinajstić information content (AvgIpc) is 3.12. The highest BCUT2D eigenvalue weighted by Crippen LogP contribution is 2.46. The maximum absolute atomic E-state index is 14.4. The van der Waals surface area contributed by atoms with E-state index >= 15 is 0 Å². The first-order chi connectivity index (χ1) is 14.3. The lowest BCUT2D eigenvalue weighted by atomic mass is 9.92. The molecule has 4 aromatic rings. The van der Waals surface area contributed by atoms with Crippen LogP contribution < -0.4 is 9.47 Å². The quantitative estimate of drug-likeness (QED) is 0.453. The summed E-state index contributed by atoms with van der Waals surface area (Å²) in [7, 11) is 4.56. The maximum atomic E-state index is 14.4. The summed E-state index contributed by atoms with van der Waals surface area (Å²) in [6.07, 6.45) is -3.42. The van der Waals surface area contributed by atoms with Gasteiger partial charge in [0.1, 0.15) is 11.5 Å². The number of aryl methyl sites for hydroxylation is 1. The number of hydrogen-bond donors (Lipinski definition) is 0. The summed E-state index contributed by atoms with van der Waals surface area (Å²) < 4.78 is 54.8. The van der Waals surface area contributed by atoms with Crippen molar-refractivity contribution in [3.8, 4) is 33.9 Å². The fraction of sp³-hybridized carbons (Fsp3) is 0.182. The summed E-state index contributed by atoms with van der Waals surface area (Å²) in [6.45, 7) is 0. The zero-order valence-corrected chi connectivity index (χ0v) is 16.5. The molecule has 0 atom stereocenters. The molecule has 4 rings (SSSR count). The van der Waals surface area contributed by atoms with Crippen molar-refractivity contribution in [2.24, 2.45) is 7.05 Å². The Hall–Kier alpha value is -3.55. The zero-order valence-electron chi connectivity index (χ0n) is 16.5. The number of alkyl halides is 3. The SMILES string of the molecule is COc1ccc(-c2nc3c(cnn3C)c(C(F)(F)F)c2-c2cccc(OC)c2)cc1. The number of aromatic nitrogens is 3. The van der Waals surface area contributed by atoms with Gasteiger partial charge in [-0.15, -0.1) is 0 Å². The van der Waals surface area contributed by atoms with E-state index in [1.54, 1.807) is 55.6 Å². The van der Waals surface area contributed by atoms with Gasteiger partial charge in [0.2, 0.25) is 0 Å². The highest BCUT2D eigenvalue weighted by atomic mass is 19.4. The number of fused-ring (bicyclic) bond motifs is 1. The molecule has 2 aromatic carbocycles. The van der Waals surface area contributed by atoms with Crippen LogP contribution in [0.4, 0.5) is 13.2 Å². The Labute approximate surface area is 170 Å². The molecule has 2 heterocycles. The van der Waals surface area contributed by atoms with Crippen LogP contribution in [0.2, 0.25) is 0 Å². The van der Waals surface area contributed by atoms with Gasteiger partial charge in [-0.2, -0.15) is 18.3 Å². The maximum Gasteiger partial charge on any atom is 0.417 e. The molecule has 0 aliphatic rings. The largest absolute Gasteiger partial charge is 0.497 e. The van der Waals surface area contributed by atoms with Crippen molar-refractivity contribution in [1.29, 1.82) is 0 Å². The van der Waals surface area contributed by atoms with Crippen molar-refractivity contribution < 1.29 is 22.6 Å². The Morgan fingerprint density at radius 2 is 1.60 bits per heavy atom. The number of methoxy groups -OCH3 is 2. The number of halogens is 3. The first-order valence-corrected chi connectivity index (χ1v) is 9.05. The van der Waals surface area contributed by atoms with Gasteiger partial charge in [0.15, 0.2) is 5.65 Å². The number of pyridine rings is 1. The fourth-order valence-corrected chi connectivity index (χ4v) is 3.47. The van der Waals surface area contributed by atoms with E-state index in [9.17, 15) is 13.2 Å². The molecule has 0 radical (unpaired) electrons. The Balaban J connectivity index is 2.14. The van der Waals surface area contributed by atoms with Gasteiger partial charge in [-0.05, 0) is 42.0 Å². The number of rotatable bonds is 4. The summed E-state index contributed by atoms with van der Waals surface area (Å²) in [4.78, 5) is 4.59. The molecule has 0 saturated carbocycles. The Morgan fingerprint density at radius 1 is 0.900 bits per heavy atom. The van der Waals surface area contributed by atoms with E-state index in [1.165, 1.54) is 25.1 Å². The molecule has 0 spiro atoms. The van der Waals surface area contributed by atoms with Gasteiger partial charge in [0.25, 0.3) is 0 Å². The van der Waals surface area contributed by atoms with Crippen LogP contribution in [0.3, 0.4) is 0 Å². The summed E-state index contributed by atoms with van der Waals surface area (Å²) in [5.74, 6) is 1.05. The molecule has 2 aromatic heterocycles. The molecule has 5 nitrogen and oxygen atoms in total. The zero-order chi connectivity index (χ0) is 21.5. The van der Waals surface area contributed by atoms with Crippen molar-refractivity contribution in [2.75, 3.05) is 14.2 Å². The van der Waals surface area contributed by atoms with E-state index in [0.29, 0.717) is 22.6 Å². The minimum atomic E-state index is -4.62. The minimum Gasteiger partial charge on any atom is -0.497 e. The lowest BCUT2D eigenvalue weighted by molar-refractivity contribution is -0.135. The average molecular weight is 413 g/mol. The van der Waals surface area contributed by atoms with Crippen molar-refractivity contribution in [2.45, 2.75) is 6.18 Å². The van der Waals surface area contributed by atoms with Crippen molar-refractivity contribution in [3.05, 3.63) is 60.3 Å². The highest BCUT2D eigenvalue weighted by Gasteiger charge is 2.39. The number of nitrogens with zero attached hydrogens (tertiary/aromatic N) is 3. The third-order valence-electron chi connectivity index (χ3n) is 4.89. The summed E-state index contributed by atoms with van der Waals surface area (Å²) in [5.41, 5.74) is 0.439. The molecule has 0 unspecified atom stereocenters. The first kappa shape index (κ1) is 19.8. The Morgan fingerprint density at radius 3 is 2.23 bits per heavy atom. The van der Waals surface area contributed by atoms with Gasteiger partial charge in [-0.3, -0.25) is 4.68 Å². The standard InChI is InChI=1S/C22H18F3N3O2/c1-28-21-17(12-26-28)19(22(23,24)25)18(14-5-4-6-16(11-14)30-3)20(27-21)13-7-9-15(29-2)10-8-13/h4-12H,1-3H3. The van der Waals surface area contributed by atoms with Gasteiger partial charge < -0.3 is 9.47 Å². The van der Waals surface area contributed by atoms with Crippen LogP contribution >= 0.6 is 0 Å². The molecule has 8 heteroatoms. The van der Waals surface area contributed by atoms with Crippen LogP contribution in [0.25, 0.3) is 33.4 Å². The van der Waals surface area contributed by atoms with E-state index in [-0.39, 0.29) is 22.3 Å². The van der Waals surface area contributed by atoms with E-state index < -0.39 is 11.7 Å². The number of ether oxygens (including phenoxy) is 2. The molecule has 0 N–H and O–H groups in total. The van der Waals surface area contributed by atoms with Crippen molar-refractivity contribution >= 4 is 11.0 Å². The van der Waals surface area contributed by atoms with Crippen LogP contribution in [0, 0.1) is 0 Å². The topological polar surface area (TPSA) is 49.2 Å². The lowest BCUT2D eigenvalue weighted by Crippen LogP contribution is -2.11. The smallest absolute Gasteiger partial charge is 0.417 e. The summed E-state index contributed by atoms with van der Waals surface area (Å²) in [6, 6.07) is 13.3. The minimum absolute atomic E-state index is 0.0212. The summed E-state index contributed by atoms with van der Waals surface area (Å²) >= 11 is 0. The predicted molar refractivity (Wildman–Crippen MR) is 107 cm³/mol. The molecule has 0 amide bonds. The highest BCUT2D eigenvalue weighted by molar-refractivity contribution is 5.95. The van der Waals surface area contributed by atoms with Crippen LogP contribution in [0.15, 0.2) is 54.7 Å². The normalized spacial score (nSPS) is 11.7. The lowest BCUT2D eigenvalue weighted by Gasteiger charge is -2.19. The Kier molecular flexibility index (Phi) is 4.85. The molecule has 154 valence electrons. The van der Waals surface area contributed by atoms with Gasteiger partial charge >= 0.3 is 6.18 Å². The van der Waals surface area contributed by atoms with E-state index in [0.717, 1.165) is 0 Å². The molecular formula is C22H18F3N3O2. The third kappa shape index (κ3) is 3.34. The van der Waals surface area contributed by atoms with Crippen molar-refractivity contribution in [1.82, 2.24) is 14.8 Å². The molecule has 0 bridgehead atoms. The fourth-order valence-electron chi connectivity index (χ4n) is 3.47. The van der Waals surface area contributed by atoms with E-state index in [4.69, 9.17) is 9.47 Å². The predicted octanol–water partition coefficient (Wildman–Crippen LogP) is 5.34. The molecule has 0 saturated heterocycles. The first-order valence-electron chi connectivity index (χ1n) is 9.05. The second-order valence-corrected chi connectivity index (χ2v) is 6.67. The molecular weight excluding hydrogens is 395 g/mol. The van der Waals surface area contributed by atoms with Crippen LogP contribution in [0.1, 0.15) is 5.56 Å². The second kappa shape index (κ2) is 7.37. The van der Waals surface area contributed by atoms with Crippen molar-refractivity contribution in [3.63, 3.8) is 0 Å². The van der Waals surface area contributed by atoms with Crippen LogP contribution in [-0.2, 0) is 13.2 Å². The van der Waals surface area contributed by atoms with Crippen LogP contribution in [-0.4, -0.2) is 29.0 Å². The summed E-state index contributed by atoms with van der Waals surface area (Å²) in [5, 5.41) is 3.95. The van der Waals surface area contributed by atoms with Crippen LogP contribution in [0.5, 0.6) is 11.5 Å². The second-order valence-electron chi connectivity index (χ2n) is 6.67. The molecule has 30 heavy (non-hydrogen) atoms. The molecule has 0 fully saturated rings. The molecule has 0 aliphatic heterocycles. The number of benzene rings is 2. The Bertz CT molecular complexity index is 1220.